The van der Waals surface area contributed by atoms with Crippen LogP contribution in [0.2, 0.25) is 0 Å². The van der Waals surface area contributed by atoms with Gasteiger partial charge < -0.3 is 14.8 Å². The molecule has 2 amide bonds. The quantitative estimate of drug-likeness (QED) is 0.504. The van der Waals surface area contributed by atoms with Crippen molar-refractivity contribution in [2.45, 2.75) is 6.92 Å². The van der Waals surface area contributed by atoms with E-state index in [1.165, 1.54) is 6.21 Å². The molecule has 0 unspecified atom stereocenters. The van der Waals surface area contributed by atoms with Crippen molar-refractivity contribution in [2.24, 2.45) is 5.10 Å². The number of aryl methyl sites for hydroxylation is 1. The van der Waals surface area contributed by atoms with E-state index in [1.807, 2.05) is 31.2 Å². The van der Waals surface area contributed by atoms with E-state index in [2.05, 4.69) is 15.8 Å². The summed E-state index contributed by atoms with van der Waals surface area (Å²) in [6, 6.07) is 19.4. The van der Waals surface area contributed by atoms with Crippen LogP contribution >= 0.6 is 0 Å². The highest BCUT2D eigenvalue weighted by atomic mass is 16.7. The van der Waals surface area contributed by atoms with E-state index < -0.39 is 0 Å². The molecule has 1 aliphatic heterocycles. The molecule has 0 aromatic heterocycles. The minimum Gasteiger partial charge on any atom is -0.454 e. The van der Waals surface area contributed by atoms with Gasteiger partial charge in [-0.1, -0.05) is 24.3 Å². The lowest BCUT2D eigenvalue weighted by molar-refractivity contribution is 0.0953. The SMILES string of the molecule is Cc1ccccc1C(=O)Nc1cccc(C(=O)N/N=C/c2ccc3c(c2)OCO3)c1. The fourth-order valence-electron chi connectivity index (χ4n) is 2.99. The molecule has 7 heteroatoms. The van der Waals surface area contributed by atoms with Gasteiger partial charge in [-0.3, -0.25) is 9.59 Å². The second-order valence-electron chi connectivity index (χ2n) is 6.66. The number of hydrogen-bond acceptors (Lipinski definition) is 5. The molecule has 1 aliphatic rings. The van der Waals surface area contributed by atoms with E-state index in [0.29, 0.717) is 28.3 Å². The van der Waals surface area contributed by atoms with E-state index in [1.54, 1.807) is 42.5 Å². The van der Waals surface area contributed by atoms with Crippen molar-refractivity contribution in [3.63, 3.8) is 0 Å². The first-order chi connectivity index (χ1) is 14.6. The molecule has 3 aromatic carbocycles. The minimum absolute atomic E-state index is 0.198. The van der Waals surface area contributed by atoms with E-state index >= 15 is 0 Å². The van der Waals surface area contributed by atoms with Gasteiger partial charge in [0, 0.05) is 16.8 Å². The van der Waals surface area contributed by atoms with Gasteiger partial charge in [0.25, 0.3) is 11.8 Å². The maximum absolute atomic E-state index is 12.5. The smallest absolute Gasteiger partial charge is 0.271 e. The van der Waals surface area contributed by atoms with Crippen molar-refractivity contribution in [3.8, 4) is 11.5 Å². The molecule has 0 radical (unpaired) electrons. The van der Waals surface area contributed by atoms with Crippen molar-refractivity contribution in [1.29, 1.82) is 0 Å². The van der Waals surface area contributed by atoms with Crippen LogP contribution in [0.25, 0.3) is 0 Å². The number of hydrazone groups is 1. The molecule has 0 aliphatic carbocycles. The fraction of sp³-hybridized carbons (Fsp3) is 0.0870. The van der Waals surface area contributed by atoms with Crippen molar-refractivity contribution in [3.05, 3.63) is 89.0 Å². The van der Waals surface area contributed by atoms with Crippen molar-refractivity contribution < 1.29 is 19.1 Å². The standard InChI is InChI=1S/C23H19N3O4/c1-15-5-2-3-8-19(15)23(28)25-18-7-4-6-17(12-18)22(27)26-24-13-16-9-10-20-21(11-16)30-14-29-20/h2-13H,14H2,1H3,(H,25,28)(H,26,27)/b24-13+. The monoisotopic (exact) mass is 401 g/mol. The summed E-state index contributed by atoms with van der Waals surface area (Å²) < 4.78 is 10.6. The van der Waals surface area contributed by atoms with Gasteiger partial charge in [-0.15, -0.1) is 0 Å². The molecule has 0 spiro atoms. The minimum atomic E-state index is -0.390. The van der Waals surface area contributed by atoms with Crippen LogP contribution in [0.1, 0.15) is 31.8 Å². The third-order valence-corrected chi connectivity index (χ3v) is 4.55. The van der Waals surface area contributed by atoms with Crippen molar-refractivity contribution in [1.82, 2.24) is 5.43 Å². The second kappa shape index (κ2) is 8.48. The van der Waals surface area contributed by atoms with Gasteiger partial charge in [-0.25, -0.2) is 5.43 Å². The number of rotatable bonds is 5. The third-order valence-electron chi connectivity index (χ3n) is 4.55. The van der Waals surface area contributed by atoms with E-state index in [0.717, 1.165) is 11.1 Å². The average Bonchev–Trinajstić information content (AvgIpc) is 3.22. The molecule has 0 saturated carbocycles. The summed E-state index contributed by atoms with van der Waals surface area (Å²) in [4.78, 5) is 24.9. The van der Waals surface area contributed by atoms with E-state index in [4.69, 9.17) is 9.47 Å². The molecular weight excluding hydrogens is 382 g/mol. The zero-order valence-electron chi connectivity index (χ0n) is 16.2. The molecule has 2 N–H and O–H groups in total. The highest BCUT2D eigenvalue weighted by Gasteiger charge is 2.13. The Balaban J connectivity index is 1.40. The van der Waals surface area contributed by atoms with Crippen LogP contribution in [-0.2, 0) is 0 Å². The summed E-state index contributed by atoms with van der Waals surface area (Å²) in [6.45, 7) is 2.07. The Labute approximate surface area is 173 Å². The van der Waals surface area contributed by atoms with Crippen molar-refractivity contribution >= 4 is 23.7 Å². The Morgan fingerprint density at radius 3 is 2.63 bits per heavy atom. The molecule has 0 fully saturated rings. The van der Waals surface area contributed by atoms with Gasteiger partial charge in [0.2, 0.25) is 6.79 Å². The predicted molar refractivity (Wildman–Crippen MR) is 113 cm³/mol. The molecule has 1 heterocycles. The number of hydrogen-bond donors (Lipinski definition) is 2. The lowest BCUT2D eigenvalue weighted by Crippen LogP contribution is -2.18. The van der Waals surface area contributed by atoms with Gasteiger partial charge >= 0.3 is 0 Å². The summed E-state index contributed by atoms with van der Waals surface area (Å²) in [5.41, 5.74) is 5.60. The first-order valence-electron chi connectivity index (χ1n) is 9.30. The molecule has 30 heavy (non-hydrogen) atoms. The molecular formula is C23H19N3O4. The number of fused-ring (bicyclic) bond motifs is 1. The molecule has 3 aromatic rings. The fourth-order valence-corrected chi connectivity index (χ4v) is 2.99. The number of carbonyl (C=O) groups excluding carboxylic acids is 2. The third kappa shape index (κ3) is 4.30. The number of nitrogens with zero attached hydrogens (tertiary/aromatic N) is 1. The lowest BCUT2D eigenvalue weighted by atomic mass is 10.1. The van der Waals surface area contributed by atoms with Gasteiger partial charge in [-0.2, -0.15) is 5.10 Å². The van der Waals surface area contributed by atoms with Crippen LogP contribution in [0.4, 0.5) is 5.69 Å². The average molecular weight is 401 g/mol. The van der Waals surface area contributed by atoms with Crippen molar-refractivity contribution in [2.75, 3.05) is 12.1 Å². The zero-order valence-corrected chi connectivity index (χ0v) is 16.2. The first-order valence-corrected chi connectivity index (χ1v) is 9.30. The maximum atomic E-state index is 12.5. The van der Waals surface area contributed by atoms with Gasteiger partial charge in [0.05, 0.1) is 6.21 Å². The first kappa shape index (κ1) is 19.2. The van der Waals surface area contributed by atoms with E-state index in [-0.39, 0.29) is 18.6 Å². The summed E-state index contributed by atoms with van der Waals surface area (Å²) in [5, 5.41) is 6.80. The molecule has 0 bridgehead atoms. The number of carbonyl (C=O) groups is 2. The van der Waals surface area contributed by atoms with Crippen LogP contribution < -0.4 is 20.2 Å². The summed E-state index contributed by atoms with van der Waals surface area (Å²) in [7, 11) is 0. The predicted octanol–water partition coefficient (Wildman–Crippen LogP) is 3.74. The lowest BCUT2D eigenvalue weighted by Gasteiger charge is -2.08. The van der Waals surface area contributed by atoms with Crippen LogP contribution in [0.15, 0.2) is 71.8 Å². The highest BCUT2D eigenvalue weighted by Crippen LogP contribution is 2.31. The number of anilines is 1. The molecule has 150 valence electrons. The normalized spacial score (nSPS) is 12.0. The topological polar surface area (TPSA) is 89.0 Å². The number of benzene rings is 3. The Morgan fingerprint density at radius 1 is 0.933 bits per heavy atom. The van der Waals surface area contributed by atoms with Crippen LogP contribution in [0.3, 0.4) is 0 Å². The Hall–Kier alpha value is -4.13. The Bertz CT molecular complexity index is 1140. The highest BCUT2D eigenvalue weighted by molar-refractivity contribution is 6.06. The van der Waals surface area contributed by atoms with Crippen LogP contribution in [0, 0.1) is 6.92 Å². The number of nitrogens with one attached hydrogen (secondary N) is 2. The van der Waals surface area contributed by atoms with Gasteiger partial charge in [-0.05, 0) is 60.5 Å². The molecule has 0 atom stereocenters. The second-order valence-corrected chi connectivity index (χ2v) is 6.66. The van der Waals surface area contributed by atoms with Gasteiger partial charge in [0.1, 0.15) is 0 Å². The van der Waals surface area contributed by atoms with Crippen LogP contribution in [0.5, 0.6) is 11.5 Å². The summed E-state index contributed by atoms with van der Waals surface area (Å²) in [5.74, 6) is 0.702. The largest absolute Gasteiger partial charge is 0.454 e. The Kier molecular flexibility index (Phi) is 5.43. The van der Waals surface area contributed by atoms with Gasteiger partial charge in [0.15, 0.2) is 11.5 Å². The summed E-state index contributed by atoms with van der Waals surface area (Å²) >= 11 is 0. The van der Waals surface area contributed by atoms with Crippen LogP contribution in [-0.4, -0.2) is 24.8 Å². The summed E-state index contributed by atoms with van der Waals surface area (Å²) in [6.07, 6.45) is 1.52. The zero-order chi connectivity index (χ0) is 20.9. The van der Waals surface area contributed by atoms with E-state index in [9.17, 15) is 9.59 Å². The molecule has 4 rings (SSSR count). The molecule has 0 saturated heterocycles. The number of amides is 2. The molecule has 7 nitrogen and oxygen atoms in total. The maximum Gasteiger partial charge on any atom is 0.271 e. The number of ether oxygens (including phenoxy) is 2. The Morgan fingerprint density at radius 2 is 1.77 bits per heavy atom.